The van der Waals surface area contributed by atoms with E-state index in [1.54, 1.807) is 18.7 Å². The van der Waals surface area contributed by atoms with E-state index < -0.39 is 10.7 Å². The van der Waals surface area contributed by atoms with Crippen molar-refractivity contribution in [1.29, 1.82) is 0 Å². The first-order chi connectivity index (χ1) is 8.56. The van der Waals surface area contributed by atoms with Crippen molar-refractivity contribution in [2.24, 2.45) is 0 Å². The normalized spacial score (nSPS) is 9.83. The van der Waals surface area contributed by atoms with Crippen LogP contribution in [0, 0.1) is 35.2 Å². The van der Waals surface area contributed by atoms with Gasteiger partial charge < -0.3 is 5.32 Å². The Hall–Kier alpha value is -1.74. The molecule has 1 rings (SSSR count). The van der Waals surface area contributed by atoms with E-state index in [4.69, 9.17) is 6.42 Å². The number of nitro benzene ring substituents is 1. The van der Waals surface area contributed by atoms with Crippen molar-refractivity contribution in [3.63, 3.8) is 0 Å². The minimum absolute atomic E-state index is 0.250. The Morgan fingerprint density at radius 3 is 2.94 bits per heavy atom. The highest BCUT2D eigenvalue weighted by atomic mass is 32.2. The molecular weight excluding hydrogens is 255 g/mol. The van der Waals surface area contributed by atoms with Crippen molar-refractivity contribution in [3.05, 3.63) is 33.6 Å². The molecule has 0 unspecified atom stereocenters. The largest absolute Gasteiger partial charge is 0.379 e. The summed E-state index contributed by atoms with van der Waals surface area (Å²) < 4.78 is 13.2. The van der Waals surface area contributed by atoms with Crippen molar-refractivity contribution in [2.75, 3.05) is 23.4 Å². The first-order valence-corrected chi connectivity index (χ1v) is 6.41. The summed E-state index contributed by atoms with van der Waals surface area (Å²) in [6, 6.07) is 2.38. The lowest BCUT2D eigenvalue weighted by Gasteiger charge is -2.08. The Balaban J connectivity index is 2.72. The van der Waals surface area contributed by atoms with Gasteiger partial charge in [0.2, 0.25) is 0 Å². The molecule has 0 aliphatic heterocycles. The fourth-order valence-corrected chi connectivity index (χ4v) is 1.86. The lowest BCUT2D eigenvalue weighted by atomic mass is 10.2. The van der Waals surface area contributed by atoms with Crippen LogP contribution in [0.3, 0.4) is 0 Å². The van der Waals surface area contributed by atoms with Crippen LogP contribution in [0.2, 0.25) is 0 Å². The smallest absolute Gasteiger partial charge is 0.295 e. The number of terminal acetylenes is 1. The average Bonchev–Trinajstić information content (AvgIpc) is 2.32. The van der Waals surface area contributed by atoms with Crippen LogP contribution in [0.1, 0.15) is 5.56 Å². The van der Waals surface area contributed by atoms with Gasteiger partial charge in [-0.3, -0.25) is 10.1 Å². The molecule has 0 heterocycles. The average molecular weight is 268 g/mol. The van der Waals surface area contributed by atoms with Gasteiger partial charge in [-0.25, -0.2) is 4.39 Å². The Labute approximate surface area is 109 Å². The Morgan fingerprint density at radius 2 is 2.33 bits per heavy atom. The van der Waals surface area contributed by atoms with Crippen molar-refractivity contribution in [1.82, 2.24) is 0 Å². The molecule has 0 aliphatic rings. The maximum absolute atomic E-state index is 13.2. The molecule has 0 aromatic heterocycles. The van der Waals surface area contributed by atoms with Crippen LogP contribution in [0.5, 0.6) is 0 Å². The minimum atomic E-state index is -0.598. The van der Waals surface area contributed by atoms with Crippen molar-refractivity contribution in [2.45, 2.75) is 6.92 Å². The van der Waals surface area contributed by atoms with Gasteiger partial charge in [0.25, 0.3) is 5.69 Å². The predicted molar refractivity (Wildman–Crippen MR) is 72.4 cm³/mol. The molecule has 0 radical (unpaired) electrons. The summed E-state index contributed by atoms with van der Waals surface area (Å²) in [5.74, 6) is 3.25. The zero-order valence-electron chi connectivity index (χ0n) is 9.90. The Morgan fingerprint density at radius 1 is 1.61 bits per heavy atom. The number of aryl methyl sites for hydroxylation is 1. The summed E-state index contributed by atoms with van der Waals surface area (Å²) >= 11 is 1.55. The second-order valence-corrected chi connectivity index (χ2v) is 4.66. The van der Waals surface area contributed by atoms with Crippen molar-refractivity contribution in [3.8, 4) is 12.3 Å². The number of benzene rings is 1. The van der Waals surface area contributed by atoms with Gasteiger partial charge in [0.05, 0.1) is 16.7 Å². The number of nitrogens with zero attached hydrogens (tertiary/aromatic N) is 1. The topological polar surface area (TPSA) is 55.2 Å². The molecule has 4 nitrogen and oxygen atoms in total. The van der Waals surface area contributed by atoms with E-state index in [1.807, 2.05) is 0 Å². The lowest BCUT2D eigenvalue weighted by Crippen LogP contribution is -2.07. The highest BCUT2D eigenvalue weighted by molar-refractivity contribution is 7.99. The fraction of sp³-hybridized carbons (Fsp3) is 0.333. The van der Waals surface area contributed by atoms with Gasteiger partial charge in [-0.2, -0.15) is 0 Å². The molecule has 1 aromatic carbocycles. The molecule has 0 saturated carbocycles. The van der Waals surface area contributed by atoms with E-state index in [0.717, 1.165) is 11.8 Å². The van der Waals surface area contributed by atoms with Gasteiger partial charge in [0.15, 0.2) is 0 Å². The Bertz CT molecular complexity index is 486. The maximum atomic E-state index is 13.2. The fourth-order valence-electron chi connectivity index (χ4n) is 1.35. The molecule has 0 aliphatic carbocycles. The third-order valence-electron chi connectivity index (χ3n) is 2.22. The molecule has 0 bridgehead atoms. The molecule has 6 heteroatoms. The highest BCUT2D eigenvalue weighted by Crippen LogP contribution is 2.27. The standard InChI is InChI=1S/C12H13FN2O2S/c1-3-5-18-6-4-14-11-7-9(2)10(13)8-12(11)15(16)17/h1,7-8,14H,4-6H2,2H3. The molecular formula is C12H13FN2O2S. The van der Waals surface area contributed by atoms with Crippen LogP contribution in [0.15, 0.2) is 12.1 Å². The monoisotopic (exact) mass is 268 g/mol. The molecule has 1 aromatic rings. The summed E-state index contributed by atoms with van der Waals surface area (Å²) in [5.41, 5.74) is 0.458. The maximum Gasteiger partial charge on any atom is 0.295 e. The first kappa shape index (κ1) is 14.3. The molecule has 1 N–H and O–H groups in total. The summed E-state index contributed by atoms with van der Waals surface area (Å²) in [4.78, 5) is 10.2. The van der Waals surface area contributed by atoms with Gasteiger partial charge in [0.1, 0.15) is 11.5 Å². The van der Waals surface area contributed by atoms with E-state index in [2.05, 4.69) is 11.2 Å². The van der Waals surface area contributed by atoms with Crippen LogP contribution >= 0.6 is 11.8 Å². The molecule has 0 amide bonds. The van der Waals surface area contributed by atoms with Gasteiger partial charge >= 0.3 is 0 Å². The number of nitrogens with one attached hydrogen (secondary N) is 1. The molecule has 0 saturated heterocycles. The number of nitro groups is 1. The molecule has 18 heavy (non-hydrogen) atoms. The van der Waals surface area contributed by atoms with Gasteiger partial charge in [-0.15, -0.1) is 18.2 Å². The van der Waals surface area contributed by atoms with E-state index in [-0.39, 0.29) is 5.69 Å². The van der Waals surface area contributed by atoms with Gasteiger partial charge in [-0.1, -0.05) is 5.92 Å². The van der Waals surface area contributed by atoms with Crippen LogP contribution in [-0.2, 0) is 0 Å². The molecule has 0 atom stereocenters. The van der Waals surface area contributed by atoms with E-state index >= 15 is 0 Å². The summed E-state index contributed by atoms with van der Waals surface area (Å²) in [7, 11) is 0. The SMILES string of the molecule is C#CCSCCNc1cc(C)c(F)cc1[N+](=O)[O-]. The Kier molecular flexibility index (Phi) is 5.46. The number of hydrogen-bond acceptors (Lipinski definition) is 4. The van der Waals surface area contributed by atoms with E-state index in [0.29, 0.717) is 23.5 Å². The summed E-state index contributed by atoms with van der Waals surface area (Å²) in [6.07, 6.45) is 5.10. The first-order valence-electron chi connectivity index (χ1n) is 5.26. The summed E-state index contributed by atoms with van der Waals surface area (Å²) in [5, 5.41) is 13.7. The predicted octanol–water partition coefficient (Wildman–Crippen LogP) is 2.82. The molecule has 0 spiro atoms. The number of anilines is 1. The van der Waals surface area contributed by atoms with Gasteiger partial charge in [0, 0.05) is 12.3 Å². The lowest BCUT2D eigenvalue weighted by molar-refractivity contribution is -0.384. The second-order valence-electron chi connectivity index (χ2n) is 3.56. The third-order valence-corrected chi connectivity index (χ3v) is 3.08. The van der Waals surface area contributed by atoms with E-state index in [1.165, 1.54) is 6.07 Å². The number of halogens is 1. The number of rotatable bonds is 6. The zero-order chi connectivity index (χ0) is 13.5. The second kappa shape index (κ2) is 6.87. The van der Waals surface area contributed by atoms with Crippen molar-refractivity contribution >= 4 is 23.1 Å². The molecule has 96 valence electrons. The van der Waals surface area contributed by atoms with Crippen LogP contribution in [0.4, 0.5) is 15.8 Å². The minimum Gasteiger partial charge on any atom is -0.379 e. The van der Waals surface area contributed by atoms with E-state index in [9.17, 15) is 14.5 Å². The van der Waals surface area contributed by atoms with Gasteiger partial charge in [-0.05, 0) is 18.6 Å². The highest BCUT2D eigenvalue weighted by Gasteiger charge is 2.16. The van der Waals surface area contributed by atoms with Crippen LogP contribution in [0.25, 0.3) is 0 Å². The quantitative estimate of drug-likeness (QED) is 0.373. The number of thioether (sulfide) groups is 1. The van der Waals surface area contributed by atoms with Crippen molar-refractivity contribution < 1.29 is 9.31 Å². The molecule has 0 fully saturated rings. The number of hydrogen-bond donors (Lipinski definition) is 1. The zero-order valence-corrected chi connectivity index (χ0v) is 10.7. The van der Waals surface area contributed by atoms with Crippen LogP contribution < -0.4 is 5.32 Å². The third kappa shape index (κ3) is 3.93. The van der Waals surface area contributed by atoms with Crippen LogP contribution in [-0.4, -0.2) is 23.0 Å². The summed E-state index contributed by atoms with van der Waals surface area (Å²) in [6.45, 7) is 2.11.